The normalized spacial score (nSPS) is 11.2. The molecule has 0 unspecified atom stereocenters. The van der Waals surface area contributed by atoms with Crippen LogP contribution >= 0.6 is 0 Å². The molecule has 0 bridgehead atoms. The predicted molar refractivity (Wildman–Crippen MR) is 69.1 cm³/mol. The van der Waals surface area contributed by atoms with Crippen molar-refractivity contribution in [2.45, 2.75) is 12.7 Å². The molecule has 0 aliphatic carbocycles. The number of carbonyl (C=O) groups is 1. The summed E-state index contributed by atoms with van der Waals surface area (Å²) < 4.78 is 38.1. The maximum Gasteiger partial charge on any atom is 0.418 e. The van der Waals surface area contributed by atoms with E-state index in [2.05, 4.69) is 15.3 Å². The topological polar surface area (TPSA) is 80.9 Å². The van der Waals surface area contributed by atoms with Crippen LogP contribution in [-0.2, 0) is 12.7 Å². The summed E-state index contributed by atoms with van der Waals surface area (Å²) in [5.41, 5.74) is 4.25. The van der Waals surface area contributed by atoms with Gasteiger partial charge in [-0.25, -0.2) is 9.97 Å². The summed E-state index contributed by atoms with van der Waals surface area (Å²) >= 11 is 0. The molecule has 3 N–H and O–H groups in total. The number of nitrogens with one attached hydrogen (secondary N) is 1. The van der Waals surface area contributed by atoms with Crippen molar-refractivity contribution in [2.75, 3.05) is 5.73 Å². The van der Waals surface area contributed by atoms with Gasteiger partial charge < -0.3 is 11.1 Å². The largest absolute Gasteiger partial charge is 0.418 e. The number of alkyl halides is 3. The van der Waals surface area contributed by atoms with E-state index in [0.29, 0.717) is 5.69 Å². The summed E-state index contributed by atoms with van der Waals surface area (Å²) in [6.07, 6.45) is -1.79. The van der Waals surface area contributed by atoms with Crippen molar-refractivity contribution < 1.29 is 18.0 Å². The van der Waals surface area contributed by atoms with Gasteiger partial charge in [0.15, 0.2) is 0 Å². The minimum atomic E-state index is -4.60. The highest BCUT2D eigenvalue weighted by atomic mass is 19.4. The second kappa shape index (κ2) is 5.78. The lowest BCUT2D eigenvalue weighted by atomic mass is 10.1. The molecule has 0 aliphatic heterocycles. The highest BCUT2D eigenvalue weighted by Crippen LogP contribution is 2.33. The Morgan fingerprint density at radius 3 is 2.67 bits per heavy atom. The Kier molecular flexibility index (Phi) is 4.06. The molecular weight excluding hydrogens is 285 g/mol. The lowest BCUT2D eigenvalue weighted by Gasteiger charge is -2.11. The predicted octanol–water partition coefficient (Wildman–Crippen LogP) is 2.01. The minimum absolute atomic E-state index is 0.0904. The van der Waals surface area contributed by atoms with E-state index in [-0.39, 0.29) is 12.1 Å². The molecule has 0 saturated heterocycles. The fraction of sp³-hybridized carbons (Fsp3) is 0.154. The zero-order valence-corrected chi connectivity index (χ0v) is 10.7. The molecule has 0 radical (unpaired) electrons. The van der Waals surface area contributed by atoms with Gasteiger partial charge in [-0.1, -0.05) is 0 Å². The fourth-order valence-electron chi connectivity index (χ4n) is 1.64. The second-order valence-corrected chi connectivity index (χ2v) is 4.18. The van der Waals surface area contributed by atoms with E-state index in [9.17, 15) is 18.0 Å². The number of nitrogens with zero attached hydrogens (tertiary/aromatic N) is 2. The summed E-state index contributed by atoms with van der Waals surface area (Å²) in [5, 5.41) is 2.48. The molecule has 0 aliphatic rings. The number of rotatable bonds is 3. The highest BCUT2D eigenvalue weighted by Gasteiger charge is 2.33. The third kappa shape index (κ3) is 3.68. The molecule has 21 heavy (non-hydrogen) atoms. The zero-order valence-electron chi connectivity index (χ0n) is 10.7. The van der Waals surface area contributed by atoms with E-state index in [4.69, 9.17) is 5.73 Å². The summed E-state index contributed by atoms with van der Waals surface area (Å²) in [6, 6.07) is 4.61. The molecule has 110 valence electrons. The molecule has 0 atom stereocenters. The van der Waals surface area contributed by atoms with Gasteiger partial charge in [0.05, 0.1) is 17.8 Å². The van der Waals surface area contributed by atoms with Crippen LogP contribution in [0.1, 0.15) is 21.6 Å². The molecule has 5 nitrogen and oxygen atoms in total. The number of nitrogen functional groups attached to an aromatic ring is 1. The number of halogens is 3. The van der Waals surface area contributed by atoms with Crippen LogP contribution in [0.5, 0.6) is 0 Å². The maximum absolute atomic E-state index is 12.7. The number of hydrogen-bond donors (Lipinski definition) is 2. The van der Waals surface area contributed by atoms with Gasteiger partial charge in [0.1, 0.15) is 6.33 Å². The molecule has 1 aromatic carbocycles. The van der Waals surface area contributed by atoms with E-state index in [1.807, 2.05) is 0 Å². The van der Waals surface area contributed by atoms with Crippen molar-refractivity contribution >= 4 is 11.6 Å². The molecular formula is C13H11F3N4O. The maximum atomic E-state index is 12.7. The summed E-state index contributed by atoms with van der Waals surface area (Å²) in [4.78, 5) is 19.5. The molecule has 1 aromatic heterocycles. The Hall–Kier alpha value is -2.64. The number of amides is 1. The van der Waals surface area contributed by atoms with Crippen molar-refractivity contribution in [3.05, 3.63) is 53.6 Å². The van der Waals surface area contributed by atoms with Gasteiger partial charge >= 0.3 is 6.18 Å². The quantitative estimate of drug-likeness (QED) is 0.849. The van der Waals surface area contributed by atoms with Crippen molar-refractivity contribution in [1.29, 1.82) is 0 Å². The first kappa shape index (κ1) is 14.8. The average Bonchev–Trinajstić information content (AvgIpc) is 2.45. The highest BCUT2D eigenvalue weighted by molar-refractivity contribution is 5.94. The van der Waals surface area contributed by atoms with Gasteiger partial charge in [-0.15, -0.1) is 0 Å². The number of nitrogens with two attached hydrogens (primary N) is 1. The van der Waals surface area contributed by atoms with Gasteiger partial charge in [-0.2, -0.15) is 13.2 Å². The van der Waals surface area contributed by atoms with Crippen LogP contribution in [0.2, 0.25) is 0 Å². The van der Waals surface area contributed by atoms with Crippen LogP contribution in [-0.4, -0.2) is 15.9 Å². The Morgan fingerprint density at radius 1 is 1.29 bits per heavy atom. The van der Waals surface area contributed by atoms with E-state index in [0.717, 1.165) is 12.1 Å². The van der Waals surface area contributed by atoms with Crippen molar-refractivity contribution in [2.24, 2.45) is 0 Å². The summed E-state index contributed by atoms with van der Waals surface area (Å²) in [5.74, 6) is -0.640. The number of benzene rings is 1. The third-order valence-electron chi connectivity index (χ3n) is 2.69. The number of aromatic nitrogens is 2. The van der Waals surface area contributed by atoms with E-state index < -0.39 is 23.3 Å². The summed E-state index contributed by atoms with van der Waals surface area (Å²) in [7, 11) is 0. The van der Waals surface area contributed by atoms with Gasteiger partial charge in [0.25, 0.3) is 5.91 Å². The van der Waals surface area contributed by atoms with E-state index >= 15 is 0 Å². The first-order valence-corrected chi connectivity index (χ1v) is 5.88. The standard InChI is InChI=1S/C13H11F3N4O/c14-13(15,16)10-5-8(1-2-11(10)17)12(21)19-6-9-3-4-18-7-20-9/h1-5,7H,6,17H2,(H,19,21). The Morgan fingerprint density at radius 2 is 2.05 bits per heavy atom. The Labute approximate surface area is 118 Å². The van der Waals surface area contributed by atoms with Crippen LogP contribution in [0.3, 0.4) is 0 Å². The second-order valence-electron chi connectivity index (χ2n) is 4.18. The van der Waals surface area contributed by atoms with Gasteiger partial charge in [0, 0.05) is 17.4 Å². The van der Waals surface area contributed by atoms with Gasteiger partial charge in [-0.3, -0.25) is 4.79 Å². The molecule has 0 spiro atoms. The monoisotopic (exact) mass is 296 g/mol. The lowest BCUT2D eigenvalue weighted by molar-refractivity contribution is -0.136. The molecule has 1 amide bonds. The van der Waals surface area contributed by atoms with E-state index in [1.165, 1.54) is 18.6 Å². The first-order chi connectivity index (χ1) is 9.88. The zero-order chi connectivity index (χ0) is 15.5. The van der Waals surface area contributed by atoms with E-state index in [1.54, 1.807) is 6.07 Å². The van der Waals surface area contributed by atoms with Gasteiger partial charge in [-0.05, 0) is 24.3 Å². The summed E-state index contributed by atoms with van der Waals surface area (Å²) in [6.45, 7) is 0.0904. The van der Waals surface area contributed by atoms with Crippen LogP contribution in [0.25, 0.3) is 0 Å². The van der Waals surface area contributed by atoms with Crippen molar-refractivity contribution in [3.8, 4) is 0 Å². The van der Waals surface area contributed by atoms with Crippen LogP contribution in [0, 0.1) is 0 Å². The molecule has 8 heteroatoms. The molecule has 1 heterocycles. The van der Waals surface area contributed by atoms with Crippen LogP contribution < -0.4 is 11.1 Å². The number of carbonyl (C=O) groups excluding carboxylic acids is 1. The molecule has 2 aromatic rings. The molecule has 0 saturated carbocycles. The smallest absolute Gasteiger partial charge is 0.398 e. The van der Waals surface area contributed by atoms with Crippen LogP contribution in [0.15, 0.2) is 36.8 Å². The first-order valence-electron chi connectivity index (χ1n) is 5.88. The van der Waals surface area contributed by atoms with Crippen molar-refractivity contribution in [3.63, 3.8) is 0 Å². The number of anilines is 1. The van der Waals surface area contributed by atoms with Crippen LogP contribution in [0.4, 0.5) is 18.9 Å². The molecule has 2 rings (SSSR count). The average molecular weight is 296 g/mol. The third-order valence-corrected chi connectivity index (χ3v) is 2.69. The van der Waals surface area contributed by atoms with Gasteiger partial charge in [0.2, 0.25) is 0 Å². The fourth-order valence-corrected chi connectivity index (χ4v) is 1.64. The molecule has 0 fully saturated rings. The Bertz CT molecular complexity index is 644. The Balaban J connectivity index is 2.13. The lowest BCUT2D eigenvalue weighted by Crippen LogP contribution is -2.24. The van der Waals surface area contributed by atoms with Crippen molar-refractivity contribution in [1.82, 2.24) is 15.3 Å². The number of hydrogen-bond acceptors (Lipinski definition) is 4. The minimum Gasteiger partial charge on any atom is -0.398 e. The SMILES string of the molecule is Nc1ccc(C(=O)NCc2ccncn2)cc1C(F)(F)F.